The molecule has 0 unspecified atom stereocenters. The number of thiazole rings is 1. The van der Waals surface area contributed by atoms with Gasteiger partial charge in [0.25, 0.3) is 0 Å². The summed E-state index contributed by atoms with van der Waals surface area (Å²) in [6.07, 6.45) is 11.2. The zero-order chi connectivity index (χ0) is 23.7. The van der Waals surface area contributed by atoms with Gasteiger partial charge in [-0.05, 0) is 83.2 Å². The summed E-state index contributed by atoms with van der Waals surface area (Å²) in [5.41, 5.74) is 2.75. The molecule has 0 aromatic carbocycles. The monoisotopic (exact) mass is 483 g/mol. The van der Waals surface area contributed by atoms with Crippen molar-refractivity contribution in [3.8, 4) is 0 Å². The molecule has 8 heteroatoms. The Kier molecular flexibility index (Phi) is 6.80. The summed E-state index contributed by atoms with van der Waals surface area (Å²) in [6, 6.07) is 2.97. The molecule has 3 aliphatic heterocycles. The number of ether oxygens (including phenoxy) is 1. The van der Waals surface area contributed by atoms with E-state index in [1.165, 1.54) is 50.8 Å². The molecule has 184 valence electrons. The van der Waals surface area contributed by atoms with E-state index in [1.54, 1.807) is 16.2 Å². The lowest BCUT2D eigenvalue weighted by atomic mass is 10.0. The normalized spacial score (nSPS) is 21.1. The predicted molar refractivity (Wildman–Crippen MR) is 138 cm³/mol. The Hall–Kier alpha value is -2.19. The number of nitrogens with zero attached hydrogens (tertiary/aromatic N) is 5. The van der Waals surface area contributed by atoms with Gasteiger partial charge in [-0.3, -0.25) is 0 Å². The molecule has 5 heterocycles. The fraction of sp³-hybridized carbons (Fsp3) is 0.654. The van der Waals surface area contributed by atoms with E-state index < -0.39 is 5.60 Å². The number of pyridine rings is 1. The predicted octanol–water partition coefficient (Wildman–Crippen LogP) is 5.17. The average Bonchev–Trinajstić information content (AvgIpc) is 3.27. The summed E-state index contributed by atoms with van der Waals surface area (Å²) in [6.45, 7) is 11.7. The van der Waals surface area contributed by atoms with Gasteiger partial charge in [-0.25, -0.2) is 9.78 Å². The van der Waals surface area contributed by atoms with Crippen LogP contribution in [0.1, 0.15) is 64.9 Å². The summed E-state index contributed by atoms with van der Waals surface area (Å²) in [4.78, 5) is 28.8. The zero-order valence-electron chi connectivity index (χ0n) is 20.8. The van der Waals surface area contributed by atoms with Crippen LogP contribution in [-0.2, 0) is 4.74 Å². The maximum Gasteiger partial charge on any atom is 0.410 e. The lowest BCUT2D eigenvalue weighted by molar-refractivity contribution is 0.0270. The molecule has 34 heavy (non-hydrogen) atoms. The van der Waals surface area contributed by atoms with Crippen molar-refractivity contribution in [2.45, 2.75) is 70.9 Å². The van der Waals surface area contributed by atoms with Crippen LogP contribution < -0.4 is 4.90 Å². The van der Waals surface area contributed by atoms with Gasteiger partial charge in [-0.15, -0.1) is 0 Å². The Morgan fingerprint density at radius 3 is 2.53 bits per heavy atom. The van der Waals surface area contributed by atoms with Crippen LogP contribution in [0.4, 0.5) is 9.93 Å². The minimum absolute atomic E-state index is 0.243. The Morgan fingerprint density at radius 2 is 1.85 bits per heavy atom. The molecule has 3 aliphatic rings. The van der Waals surface area contributed by atoms with Gasteiger partial charge < -0.3 is 19.4 Å². The number of fused-ring (bicyclic) bond motifs is 1. The van der Waals surface area contributed by atoms with E-state index in [4.69, 9.17) is 9.72 Å². The van der Waals surface area contributed by atoms with Crippen LogP contribution in [0.2, 0.25) is 0 Å². The fourth-order valence-corrected chi connectivity index (χ4v) is 6.26. The minimum Gasteiger partial charge on any atom is -0.444 e. The van der Waals surface area contributed by atoms with Crippen LogP contribution in [0.3, 0.4) is 0 Å². The number of carbonyl (C=O) groups is 1. The maximum atomic E-state index is 12.3. The van der Waals surface area contributed by atoms with Gasteiger partial charge in [0.15, 0.2) is 10.8 Å². The number of likely N-dealkylation sites (tertiary alicyclic amines) is 1. The van der Waals surface area contributed by atoms with Crippen LogP contribution in [-0.4, -0.2) is 76.8 Å². The fourth-order valence-electron chi connectivity index (χ4n) is 5.25. The molecule has 2 saturated heterocycles. The van der Waals surface area contributed by atoms with E-state index in [-0.39, 0.29) is 6.09 Å². The Labute approximate surface area is 206 Å². The van der Waals surface area contributed by atoms with Crippen molar-refractivity contribution < 1.29 is 9.53 Å². The van der Waals surface area contributed by atoms with Gasteiger partial charge in [0.1, 0.15) is 5.60 Å². The molecular weight excluding hydrogens is 446 g/mol. The zero-order valence-corrected chi connectivity index (χ0v) is 21.6. The topological polar surface area (TPSA) is 61.8 Å². The molecule has 0 radical (unpaired) electrons. The van der Waals surface area contributed by atoms with Gasteiger partial charge in [0, 0.05) is 38.4 Å². The third-order valence-corrected chi connectivity index (χ3v) is 8.16. The lowest BCUT2D eigenvalue weighted by Crippen LogP contribution is -2.46. The first kappa shape index (κ1) is 23.5. The Morgan fingerprint density at radius 1 is 1.09 bits per heavy atom. The number of hydrogen-bond acceptors (Lipinski definition) is 7. The third-order valence-electron chi connectivity index (χ3n) is 7.11. The van der Waals surface area contributed by atoms with Crippen LogP contribution in [0.5, 0.6) is 0 Å². The lowest BCUT2D eigenvalue weighted by Gasteiger charge is -2.40. The number of aromatic nitrogens is 2. The van der Waals surface area contributed by atoms with Crippen molar-refractivity contribution in [1.82, 2.24) is 19.8 Å². The van der Waals surface area contributed by atoms with E-state index in [2.05, 4.69) is 26.9 Å². The van der Waals surface area contributed by atoms with Crippen LogP contribution in [0.25, 0.3) is 15.9 Å². The summed E-state index contributed by atoms with van der Waals surface area (Å²) >= 11 is 1.76. The highest BCUT2D eigenvalue weighted by atomic mass is 32.1. The summed E-state index contributed by atoms with van der Waals surface area (Å²) < 4.78 is 6.65. The highest BCUT2D eigenvalue weighted by Gasteiger charge is 2.27. The number of hydrogen-bond donors (Lipinski definition) is 0. The summed E-state index contributed by atoms with van der Waals surface area (Å²) in [7, 11) is 0. The highest BCUT2D eigenvalue weighted by Crippen LogP contribution is 2.33. The van der Waals surface area contributed by atoms with E-state index in [0.717, 1.165) is 46.6 Å². The number of piperidine rings is 2. The first-order valence-electron chi connectivity index (χ1n) is 12.8. The molecule has 2 fully saturated rings. The molecule has 0 N–H and O–H groups in total. The first-order valence-corrected chi connectivity index (χ1v) is 13.6. The van der Waals surface area contributed by atoms with Crippen LogP contribution in [0, 0.1) is 0 Å². The molecule has 0 spiro atoms. The quantitative estimate of drug-likeness (QED) is 0.600. The van der Waals surface area contributed by atoms with Crippen molar-refractivity contribution in [1.29, 1.82) is 0 Å². The second-order valence-corrected chi connectivity index (χ2v) is 11.8. The van der Waals surface area contributed by atoms with Crippen LogP contribution >= 0.6 is 11.3 Å². The Bertz CT molecular complexity index is 1050. The molecule has 2 aromatic rings. The van der Waals surface area contributed by atoms with Gasteiger partial charge in [0.05, 0.1) is 4.70 Å². The SMILES string of the molecule is CC(C)(C)OC(=O)N1CC=C(c2cnc3nc(N4CCC(N5CCCCC5)CC4)sc3c2)CC1. The highest BCUT2D eigenvalue weighted by molar-refractivity contribution is 7.22. The molecule has 5 rings (SSSR count). The van der Waals surface area contributed by atoms with E-state index in [0.29, 0.717) is 13.1 Å². The maximum absolute atomic E-state index is 12.3. The second-order valence-electron chi connectivity index (χ2n) is 10.8. The van der Waals surface area contributed by atoms with Crippen molar-refractivity contribution in [3.63, 3.8) is 0 Å². The standard InChI is InChI=1S/C26H37N5O2S/c1-26(2,3)33-25(32)31-13-7-19(8-14-31)20-17-22-23(27-18-20)28-24(34-22)30-15-9-21(10-16-30)29-11-5-4-6-12-29/h7,17-18,21H,4-6,8-16H2,1-3H3. The molecule has 0 saturated carbocycles. The van der Waals surface area contributed by atoms with E-state index >= 15 is 0 Å². The van der Waals surface area contributed by atoms with Crippen molar-refractivity contribution in [2.24, 2.45) is 0 Å². The largest absolute Gasteiger partial charge is 0.444 e. The molecule has 1 amide bonds. The molecule has 7 nitrogen and oxygen atoms in total. The van der Waals surface area contributed by atoms with Crippen molar-refractivity contribution >= 4 is 38.5 Å². The van der Waals surface area contributed by atoms with Crippen LogP contribution in [0.15, 0.2) is 18.3 Å². The van der Waals surface area contributed by atoms with Crippen molar-refractivity contribution in [2.75, 3.05) is 44.2 Å². The smallest absolute Gasteiger partial charge is 0.410 e. The molecule has 0 atom stereocenters. The average molecular weight is 484 g/mol. The van der Waals surface area contributed by atoms with E-state index in [1.807, 2.05) is 27.0 Å². The molecular formula is C26H37N5O2S. The molecule has 0 aliphatic carbocycles. The first-order chi connectivity index (χ1) is 16.4. The van der Waals surface area contributed by atoms with Crippen molar-refractivity contribution in [3.05, 3.63) is 23.9 Å². The number of anilines is 1. The van der Waals surface area contributed by atoms with Gasteiger partial charge >= 0.3 is 6.09 Å². The Balaban J connectivity index is 1.22. The third kappa shape index (κ3) is 5.38. The number of amides is 1. The van der Waals surface area contributed by atoms with Gasteiger partial charge in [0.2, 0.25) is 0 Å². The summed E-state index contributed by atoms with van der Waals surface area (Å²) in [5, 5.41) is 1.10. The van der Waals surface area contributed by atoms with E-state index in [9.17, 15) is 4.79 Å². The molecule has 0 bridgehead atoms. The minimum atomic E-state index is -0.470. The number of carbonyl (C=O) groups excluding carboxylic acids is 1. The second kappa shape index (κ2) is 9.82. The van der Waals surface area contributed by atoms with Gasteiger partial charge in [-0.2, -0.15) is 4.98 Å². The van der Waals surface area contributed by atoms with Gasteiger partial charge in [-0.1, -0.05) is 23.8 Å². The molecule has 2 aromatic heterocycles. The number of rotatable bonds is 3. The summed E-state index contributed by atoms with van der Waals surface area (Å²) in [5.74, 6) is 0.